The molecule has 1 aromatic rings. The molecular formula is C14H23N3. The van der Waals surface area contributed by atoms with E-state index in [1.807, 2.05) is 0 Å². The average molecular weight is 233 g/mol. The molecule has 17 heavy (non-hydrogen) atoms. The van der Waals surface area contributed by atoms with Gasteiger partial charge < -0.3 is 15.1 Å². The molecule has 0 atom stereocenters. The van der Waals surface area contributed by atoms with Gasteiger partial charge in [-0.3, -0.25) is 0 Å². The molecular weight excluding hydrogens is 210 g/mol. The first-order chi connectivity index (χ1) is 8.25. The SMILES string of the molecule is CN(C)c1cccc(NCCN2CCCC2)c1. The van der Waals surface area contributed by atoms with Crippen LogP contribution in [0.5, 0.6) is 0 Å². The number of hydrogen-bond acceptors (Lipinski definition) is 3. The molecule has 0 aliphatic carbocycles. The maximum atomic E-state index is 3.50. The molecule has 1 aromatic carbocycles. The minimum Gasteiger partial charge on any atom is -0.384 e. The van der Waals surface area contributed by atoms with E-state index in [9.17, 15) is 0 Å². The highest BCUT2D eigenvalue weighted by molar-refractivity contribution is 5.57. The van der Waals surface area contributed by atoms with E-state index in [1.165, 1.54) is 37.3 Å². The van der Waals surface area contributed by atoms with Crippen LogP contribution in [0.2, 0.25) is 0 Å². The first kappa shape index (κ1) is 12.2. The molecule has 0 unspecified atom stereocenters. The molecule has 3 nitrogen and oxygen atoms in total. The summed E-state index contributed by atoms with van der Waals surface area (Å²) in [6, 6.07) is 8.57. The number of rotatable bonds is 5. The highest BCUT2D eigenvalue weighted by Crippen LogP contribution is 2.17. The summed E-state index contributed by atoms with van der Waals surface area (Å²) in [5.74, 6) is 0. The Balaban J connectivity index is 1.79. The van der Waals surface area contributed by atoms with Gasteiger partial charge >= 0.3 is 0 Å². The second kappa shape index (κ2) is 5.92. The predicted octanol–water partition coefficient (Wildman–Crippen LogP) is 2.26. The van der Waals surface area contributed by atoms with E-state index in [2.05, 4.69) is 53.5 Å². The molecule has 0 amide bonds. The normalized spacial score (nSPS) is 16.1. The summed E-state index contributed by atoms with van der Waals surface area (Å²) >= 11 is 0. The second-order valence-electron chi connectivity index (χ2n) is 4.92. The lowest BCUT2D eigenvalue weighted by atomic mass is 10.2. The largest absolute Gasteiger partial charge is 0.384 e. The van der Waals surface area contributed by atoms with Crippen molar-refractivity contribution in [2.75, 3.05) is 50.5 Å². The van der Waals surface area contributed by atoms with Crippen LogP contribution in [-0.2, 0) is 0 Å². The summed E-state index contributed by atoms with van der Waals surface area (Å²) < 4.78 is 0. The lowest BCUT2D eigenvalue weighted by molar-refractivity contribution is 0.352. The van der Waals surface area contributed by atoms with E-state index in [0.717, 1.165) is 13.1 Å². The van der Waals surface area contributed by atoms with Crippen molar-refractivity contribution < 1.29 is 0 Å². The third-order valence-corrected chi connectivity index (χ3v) is 3.32. The molecule has 1 heterocycles. The van der Waals surface area contributed by atoms with E-state index >= 15 is 0 Å². The molecule has 3 heteroatoms. The Morgan fingerprint density at radius 2 is 2.00 bits per heavy atom. The lowest BCUT2D eigenvalue weighted by Gasteiger charge is -2.17. The molecule has 0 aromatic heterocycles. The van der Waals surface area contributed by atoms with Crippen molar-refractivity contribution in [2.45, 2.75) is 12.8 Å². The molecule has 1 fully saturated rings. The molecule has 0 spiro atoms. The van der Waals surface area contributed by atoms with Crippen molar-refractivity contribution in [1.29, 1.82) is 0 Å². The van der Waals surface area contributed by atoms with Gasteiger partial charge in [0.1, 0.15) is 0 Å². The third kappa shape index (κ3) is 3.63. The van der Waals surface area contributed by atoms with Crippen LogP contribution in [0.1, 0.15) is 12.8 Å². The van der Waals surface area contributed by atoms with Crippen LogP contribution in [-0.4, -0.2) is 45.2 Å². The van der Waals surface area contributed by atoms with Crippen LogP contribution in [0.3, 0.4) is 0 Å². The summed E-state index contributed by atoms with van der Waals surface area (Å²) in [5.41, 5.74) is 2.46. The third-order valence-electron chi connectivity index (χ3n) is 3.32. The van der Waals surface area contributed by atoms with Crippen molar-refractivity contribution in [2.24, 2.45) is 0 Å². The fraction of sp³-hybridized carbons (Fsp3) is 0.571. The van der Waals surface area contributed by atoms with Crippen molar-refractivity contribution in [3.63, 3.8) is 0 Å². The van der Waals surface area contributed by atoms with Crippen LogP contribution in [0.15, 0.2) is 24.3 Å². The van der Waals surface area contributed by atoms with Gasteiger partial charge in [-0.15, -0.1) is 0 Å². The Hall–Kier alpha value is -1.22. The Bertz CT molecular complexity index is 343. The molecule has 1 aliphatic rings. The quantitative estimate of drug-likeness (QED) is 0.841. The van der Waals surface area contributed by atoms with Crippen LogP contribution in [0, 0.1) is 0 Å². The molecule has 0 bridgehead atoms. The van der Waals surface area contributed by atoms with Crippen LogP contribution < -0.4 is 10.2 Å². The Morgan fingerprint density at radius 3 is 2.71 bits per heavy atom. The molecule has 94 valence electrons. The summed E-state index contributed by atoms with van der Waals surface area (Å²) in [5, 5.41) is 3.50. The van der Waals surface area contributed by atoms with Gasteiger partial charge in [0.2, 0.25) is 0 Å². The van der Waals surface area contributed by atoms with Gasteiger partial charge in [0.05, 0.1) is 0 Å². The zero-order chi connectivity index (χ0) is 12.1. The topological polar surface area (TPSA) is 18.5 Å². The molecule has 1 aliphatic heterocycles. The molecule has 1 N–H and O–H groups in total. The smallest absolute Gasteiger partial charge is 0.0381 e. The second-order valence-corrected chi connectivity index (χ2v) is 4.92. The van der Waals surface area contributed by atoms with E-state index in [0.29, 0.717) is 0 Å². The van der Waals surface area contributed by atoms with Crippen molar-refractivity contribution in [3.05, 3.63) is 24.3 Å². The fourth-order valence-corrected chi connectivity index (χ4v) is 2.26. The van der Waals surface area contributed by atoms with Gasteiger partial charge in [0, 0.05) is 38.6 Å². The van der Waals surface area contributed by atoms with Crippen molar-refractivity contribution in [3.8, 4) is 0 Å². The minimum atomic E-state index is 1.04. The minimum absolute atomic E-state index is 1.04. The zero-order valence-electron chi connectivity index (χ0n) is 10.9. The number of nitrogens with one attached hydrogen (secondary N) is 1. The first-order valence-corrected chi connectivity index (χ1v) is 6.49. The first-order valence-electron chi connectivity index (χ1n) is 6.49. The van der Waals surface area contributed by atoms with Crippen LogP contribution >= 0.6 is 0 Å². The highest BCUT2D eigenvalue weighted by Gasteiger charge is 2.10. The molecule has 0 radical (unpaired) electrons. The molecule has 1 saturated heterocycles. The van der Waals surface area contributed by atoms with Crippen molar-refractivity contribution in [1.82, 2.24) is 4.90 Å². The predicted molar refractivity (Wildman–Crippen MR) is 74.9 cm³/mol. The van der Waals surface area contributed by atoms with E-state index in [-0.39, 0.29) is 0 Å². The molecule has 0 saturated carbocycles. The number of nitrogens with zero attached hydrogens (tertiary/aromatic N) is 2. The van der Waals surface area contributed by atoms with Gasteiger partial charge in [-0.2, -0.15) is 0 Å². The number of anilines is 2. The summed E-state index contributed by atoms with van der Waals surface area (Å²) in [7, 11) is 4.15. The van der Waals surface area contributed by atoms with Gasteiger partial charge in [-0.1, -0.05) is 6.07 Å². The number of hydrogen-bond donors (Lipinski definition) is 1. The monoisotopic (exact) mass is 233 g/mol. The van der Waals surface area contributed by atoms with Gasteiger partial charge in [0.25, 0.3) is 0 Å². The maximum Gasteiger partial charge on any atom is 0.0381 e. The summed E-state index contributed by atoms with van der Waals surface area (Å²) in [6.07, 6.45) is 2.74. The zero-order valence-corrected chi connectivity index (χ0v) is 10.9. The average Bonchev–Trinajstić information content (AvgIpc) is 2.82. The van der Waals surface area contributed by atoms with Crippen molar-refractivity contribution >= 4 is 11.4 Å². The number of benzene rings is 1. The summed E-state index contributed by atoms with van der Waals surface area (Å²) in [4.78, 5) is 4.66. The highest BCUT2D eigenvalue weighted by atomic mass is 15.1. The number of likely N-dealkylation sites (tertiary alicyclic amines) is 1. The van der Waals surface area contributed by atoms with Crippen LogP contribution in [0.25, 0.3) is 0 Å². The Labute approximate surface area is 104 Å². The van der Waals surface area contributed by atoms with Gasteiger partial charge in [0.15, 0.2) is 0 Å². The van der Waals surface area contributed by atoms with E-state index < -0.39 is 0 Å². The van der Waals surface area contributed by atoms with E-state index in [4.69, 9.17) is 0 Å². The standard InChI is InChI=1S/C14H23N3/c1-16(2)14-7-5-6-13(12-14)15-8-11-17-9-3-4-10-17/h5-7,12,15H,3-4,8-11H2,1-2H3. The van der Waals surface area contributed by atoms with Gasteiger partial charge in [-0.25, -0.2) is 0 Å². The van der Waals surface area contributed by atoms with Gasteiger partial charge in [-0.05, 0) is 44.1 Å². The lowest BCUT2D eigenvalue weighted by Crippen LogP contribution is -2.25. The summed E-state index contributed by atoms with van der Waals surface area (Å²) in [6.45, 7) is 4.75. The van der Waals surface area contributed by atoms with E-state index in [1.54, 1.807) is 0 Å². The Kier molecular flexibility index (Phi) is 4.26. The Morgan fingerprint density at radius 1 is 1.24 bits per heavy atom. The molecule has 2 rings (SSSR count). The maximum absolute atomic E-state index is 3.50. The van der Waals surface area contributed by atoms with Crippen LogP contribution in [0.4, 0.5) is 11.4 Å². The fourth-order valence-electron chi connectivity index (χ4n) is 2.26.